The van der Waals surface area contributed by atoms with E-state index >= 15 is 4.39 Å². The summed E-state index contributed by atoms with van der Waals surface area (Å²) in [7, 11) is 3.26. The number of alkyl halides is 1. The lowest BCUT2D eigenvalue weighted by atomic mass is 9.83. The van der Waals surface area contributed by atoms with Crippen LogP contribution in [0, 0.1) is 11.7 Å². The number of Topliss-reactive ketones (excluding diaryl/α,β-unsaturated/α-hetero) is 1. The lowest BCUT2D eigenvalue weighted by Crippen LogP contribution is -2.39. The molecule has 4 rings (SSSR count). The Morgan fingerprint density at radius 3 is 2.74 bits per heavy atom. The maximum Gasteiger partial charge on any atom is 0.245 e. The van der Waals surface area contributed by atoms with Gasteiger partial charge in [-0.15, -0.1) is 0 Å². The lowest BCUT2D eigenvalue weighted by Gasteiger charge is -2.34. The number of thioether (sulfide) groups is 1. The number of halogens is 3. The second-order valence-corrected chi connectivity index (χ2v) is 10.5. The van der Waals surface area contributed by atoms with Crippen molar-refractivity contribution in [2.45, 2.75) is 23.1 Å². The van der Waals surface area contributed by atoms with Gasteiger partial charge >= 0.3 is 0 Å². The van der Waals surface area contributed by atoms with Crippen LogP contribution in [0.15, 0.2) is 53.7 Å². The molecule has 0 radical (unpaired) electrons. The maximum absolute atomic E-state index is 15.1. The molecular weight excluding hydrogens is 482 g/mol. The predicted molar refractivity (Wildman–Crippen MR) is 129 cm³/mol. The largest absolute Gasteiger partial charge is 0.378 e. The normalized spacial score (nSPS) is 25.6. The van der Waals surface area contributed by atoms with E-state index < -0.39 is 28.7 Å². The van der Waals surface area contributed by atoms with E-state index in [4.69, 9.17) is 17.3 Å². The number of fused-ring (bicyclic) bond motifs is 1. The number of amidine groups is 1. The molecule has 1 aliphatic carbocycles. The van der Waals surface area contributed by atoms with Gasteiger partial charge in [0.25, 0.3) is 0 Å². The number of ketones is 1. The number of hydrogen-bond donors (Lipinski definition) is 1. The van der Waals surface area contributed by atoms with E-state index in [0.29, 0.717) is 17.0 Å². The summed E-state index contributed by atoms with van der Waals surface area (Å²) in [5.74, 6) is -1.52. The second-order valence-electron chi connectivity index (χ2n) is 8.66. The van der Waals surface area contributed by atoms with Gasteiger partial charge in [-0.1, -0.05) is 35.5 Å². The summed E-state index contributed by atoms with van der Waals surface area (Å²) >= 11 is 7.08. The number of hydrogen-bond acceptors (Lipinski definition) is 6. The predicted octanol–water partition coefficient (Wildman–Crippen LogP) is 3.93. The zero-order chi connectivity index (χ0) is 24.7. The van der Waals surface area contributed by atoms with E-state index in [-0.39, 0.29) is 34.5 Å². The molecule has 0 unspecified atom stereocenters. The molecule has 1 amide bonds. The average molecular weight is 505 g/mol. The topological polar surface area (TPSA) is 88.7 Å². The molecule has 0 saturated heterocycles. The Kier molecular flexibility index (Phi) is 6.52. The number of pyridine rings is 1. The van der Waals surface area contributed by atoms with Crippen molar-refractivity contribution in [1.82, 2.24) is 9.88 Å². The highest BCUT2D eigenvalue weighted by atomic mass is 35.5. The Balaban J connectivity index is 1.67. The van der Waals surface area contributed by atoms with E-state index in [1.54, 1.807) is 26.2 Å². The van der Waals surface area contributed by atoms with Gasteiger partial charge in [0.2, 0.25) is 5.91 Å². The molecule has 6 nitrogen and oxygen atoms in total. The van der Waals surface area contributed by atoms with Crippen LogP contribution in [0.25, 0.3) is 0 Å². The fourth-order valence-electron chi connectivity index (χ4n) is 4.29. The van der Waals surface area contributed by atoms with Crippen molar-refractivity contribution in [1.29, 1.82) is 0 Å². The van der Waals surface area contributed by atoms with Crippen molar-refractivity contribution in [3.05, 3.63) is 76.3 Å². The monoisotopic (exact) mass is 504 g/mol. The third-order valence-corrected chi connectivity index (χ3v) is 7.65. The summed E-state index contributed by atoms with van der Waals surface area (Å²) in [5.41, 5.74) is 5.31. The lowest BCUT2D eigenvalue weighted by molar-refractivity contribution is -0.123. The van der Waals surface area contributed by atoms with Crippen molar-refractivity contribution in [2.75, 3.05) is 20.8 Å². The van der Waals surface area contributed by atoms with Crippen molar-refractivity contribution in [3.63, 3.8) is 0 Å². The molecule has 0 bridgehead atoms. The Bertz CT molecular complexity index is 1200. The number of aliphatic imine (C=N–C) groups is 1. The molecule has 1 aromatic heterocycles. The van der Waals surface area contributed by atoms with Crippen LogP contribution in [0.2, 0.25) is 5.02 Å². The molecule has 2 aromatic rings. The van der Waals surface area contributed by atoms with Gasteiger partial charge in [0, 0.05) is 49.0 Å². The molecule has 1 aromatic carbocycles. The van der Waals surface area contributed by atoms with Crippen molar-refractivity contribution >= 4 is 40.2 Å². The highest BCUT2D eigenvalue weighted by Gasteiger charge is 2.67. The summed E-state index contributed by atoms with van der Waals surface area (Å²) < 4.78 is 29.2. The van der Waals surface area contributed by atoms with Crippen LogP contribution in [0.5, 0.6) is 0 Å². The van der Waals surface area contributed by atoms with E-state index in [9.17, 15) is 14.0 Å². The highest BCUT2D eigenvalue weighted by Crippen LogP contribution is 2.66. The molecule has 1 fully saturated rings. The Morgan fingerprint density at radius 1 is 1.32 bits per heavy atom. The van der Waals surface area contributed by atoms with E-state index in [2.05, 4.69) is 9.98 Å². The molecule has 2 heterocycles. The van der Waals surface area contributed by atoms with Crippen LogP contribution in [-0.4, -0.2) is 52.3 Å². The summed E-state index contributed by atoms with van der Waals surface area (Å²) in [5, 5.41) is 0.532. The quantitative estimate of drug-likeness (QED) is 0.456. The first-order valence-electron chi connectivity index (χ1n) is 10.5. The molecular formula is C24H23ClF2N4O2S. The molecule has 2 N–H and O–H groups in total. The van der Waals surface area contributed by atoms with E-state index in [1.807, 2.05) is 0 Å². The standard InChI is InChI=1S/C24H23ClF2N4O2S/c1-31(2)21(33)7-8-23-11-20(23)24(13-26,30-22(28)34-23)16-9-14(3-5-17(16)27)10-19(32)18-6-4-15(25)12-29-18/h3-9,12,20H,10-11,13H2,1-2H3,(H2,28,30)/b8-7+/t20-,23+,24-/m1/s1. The number of aromatic nitrogens is 1. The van der Waals surface area contributed by atoms with Gasteiger partial charge in [0.15, 0.2) is 11.0 Å². The van der Waals surface area contributed by atoms with Crippen LogP contribution in [-0.2, 0) is 16.8 Å². The van der Waals surface area contributed by atoms with Gasteiger partial charge in [-0.3, -0.25) is 14.6 Å². The molecule has 1 aliphatic heterocycles. The van der Waals surface area contributed by atoms with Crippen LogP contribution in [0.1, 0.15) is 28.0 Å². The number of carbonyl (C=O) groups is 2. The zero-order valence-electron chi connectivity index (χ0n) is 18.6. The first-order valence-corrected chi connectivity index (χ1v) is 11.7. The number of nitrogens with zero attached hydrogens (tertiary/aromatic N) is 3. The fraction of sp³-hybridized carbons (Fsp3) is 0.333. The smallest absolute Gasteiger partial charge is 0.245 e. The van der Waals surface area contributed by atoms with Crippen molar-refractivity contribution in [3.8, 4) is 0 Å². The van der Waals surface area contributed by atoms with E-state index in [1.165, 1.54) is 53.2 Å². The third kappa shape index (κ3) is 4.46. The van der Waals surface area contributed by atoms with E-state index in [0.717, 1.165) is 0 Å². The van der Waals surface area contributed by atoms with Crippen molar-refractivity contribution in [2.24, 2.45) is 16.6 Å². The summed E-state index contributed by atoms with van der Waals surface area (Å²) in [6.45, 7) is -0.969. The van der Waals surface area contributed by atoms with Crippen molar-refractivity contribution < 1.29 is 18.4 Å². The molecule has 10 heteroatoms. The van der Waals surface area contributed by atoms with Gasteiger partial charge in [0.1, 0.15) is 23.7 Å². The van der Waals surface area contributed by atoms with Crippen LogP contribution >= 0.6 is 23.4 Å². The number of nitrogens with two attached hydrogens (primary N) is 1. The third-order valence-electron chi connectivity index (χ3n) is 6.16. The summed E-state index contributed by atoms with van der Waals surface area (Å²) in [6, 6.07) is 7.26. The number of amides is 1. The Hall–Kier alpha value is -2.78. The maximum atomic E-state index is 15.1. The van der Waals surface area contributed by atoms with Gasteiger partial charge < -0.3 is 10.6 Å². The van der Waals surface area contributed by atoms with Crippen LogP contribution < -0.4 is 5.73 Å². The first kappa shape index (κ1) is 24.3. The fourth-order valence-corrected chi connectivity index (χ4v) is 5.72. The molecule has 2 aliphatic rings. The van der Waals surface area contributed by atoms with Crippen LogP contribution in [0.3, 0.4) is 0 Å². The number of benzene rings is 1. The Labute approximate surface area is 205 Å². The summed E-state index contributed by atoms with van der Waals surface area (Å²) in [4.78, 5) is 34.5. The first-order chi connectivity index (χ1) is 16.1. The molecule has 1 saturated carbocycles. The summed E-state index contributed by atoms with van der Waals surface area (Å²) in [6.07, 6.45) is 4.96. The van der Waals surface area contributed by atoms with Gasteiger partial charge in [-0.25, -0.2) is 13.8 Å². The number of rotatable bonds is 7. The minimum Gasteiger partial charge on any atom is -0.378 e. The molecule has 0 spiro atoms. The number of carbonyl (C=O) groups excluding carboxylic acids is 2. The SMILES string of the molecule is CN(C)C(=O)/C=C/[C@]12C[C@H]1[C@@](CF)(c1cc(CC(=O)c3ccc(Cl)cn3)ccc1F)N=C(N)S2. The minimum atomic E-state index is -1.54. The van der Waals surface area contributed by atoms with Gasteiger partial charge in [-0.2, -0.15) is 0 Å². The van der Waals surface area contributed by atoms with Gasteiger partial charge in [0.05, 0.1) is 5.02 Å². The highest BCUT2D eigenvalue weighted by molar-refractivity contribution is 8.15. The van der Waals surface area contributed by atoms with Gasteiger partial charge in [-0.05, 0) is 36.2 Å². The molecule has 178 valence electrons. The average Bonchev–Trinajstić information content (AvgIpc) is 3.53. The zero-order valence-corrected chi connectivity index (χ0v) is 20.2. The minimum absolute atomic E-state index is 0.0480. The molecule has 3 atom stereocenters. The Morgan fingerprint density at radius 2 is 2.09 bits per heavy atom. The second kappa shape index (κ2) is 9.11. The number of likely N-dealkylation sites (N-methyl/N-ethyl adjacent to an activating group) is 1. The van der Waals surface area contributed by atoms with Crippen LogP contribution in [0.4, 0.5) is 8.78 Å². The molecule has 34 heavy (non-hydrogen) atoms.